The number of anilines is 2. The van der Waals surface area contributed by atoms with Crippen LogP contribution in [0.1, 0.15) is 39.4 Å². The highest BCUT2D eigenvalue weighted by atomic mass is 19.3. The molecular weight excluding hydrogens is 435 g/mol. The number of fused-ring (bicyclic) bond motifs is 1. The summed E-state index contributed by atoms with van der Waals surface area (Å²) in [5, 5.41) is 3.07. The minimum atomic E-state index is -2.80. The topological polar surface area (TPSA) is 71.7 Å². The summed E-state index contributed by atoms with van der Waals surface area (Å²) in [6.07, 6.45) is -2.65. The van der Waals surface area contributed by atoms with E-state index < -0.39 is 17.8 Å². The number of hydrogen-bond acceptors (Lipinski definition) is 5. The standard InChI is InChI=1S/C23H18F3N5O2/c1-27-22-14(21(25)26)8-7-12(29-22)9-13-10-17(19-18(28-13)11-31(2)23(19)32)30-16-6-4-5-15(24)20(16)33-3/h4-8,10,21H,9,11H2,2-3H3,(H,28,30). The predicted molar refractivity (Wildman–Crippen MR) is 115 cm³/mol. The van der Waals surface area contributed by atoms with Gasteiger partial charge in [0, 0.05) is 12.6 Å². The number of nitrogens with zero attached hydrogens (tertiary/aromatic N) is 4. The van der Waals surface area contributed by atoms with Crippen LogP contribution in [0.4, 0.5) is 30.4 Å². The Labute approximate surface area is 187 Å². The van der Waals surface area contributed by atoms with E-state index in [1.54, 1.807) is 19.2 Å². The Bertz CT molecular complexity index is 1290. The number of carbonyl (C=O) groups excluding carboxylic acids is 1. The Balaban J connectivity index is 1.75. The molecule has 1 N–H and O–H groups in total. The summed E-state index contributed by atoms with van der Waals surface area (Å²) in [7, 11) is 2.98. The number of rotatable bonds is 6. The molecule has 2 aromatic heterocycles. The molecule has 10 heteroatoms. The smallest absolute Gasteiger partial charge is 0.278 e. The number of para-hydroxylation sites is 1. The zero-order valence-corrected chi connectivity index (χ0v) is 17.7. The second-order valence-electron chi connectivity index (χ2n) is 7.39. The van der Waals surface area contributed by atoms with Crippen molar-refractivity contribution in [2.45, 2.75) is 19.4 Å². The van der Waals surface area contributed by atoms with Crippen LogP contribution in [-0.4, -0.2) is 34.9 Å². The first-order chi connectivity index (χ1) is 15.8. The number of ether oxygens (including phenoxy) is 1. The molecule has 1 amide bonds. The minimum Gasteiger partial charge on any atom is -0.492 e. The maximum Gasteiger partial charge on any atom is 0.278 e. The average Bonchev–Trinajstić information content (AvgIpc) is 3.07. The summed E-state index contributed by atoms with van der Waals surface area (Å²) in [5.74, 6) is -1.17. The first kappa shape index (κ1) is 22.1. The van der Waals surface area contributed by atoms with Crippen molar-refractivity contribution in [2.24, 2.45) is 0 Å². The number of pyridine rings is 2. The number of carbonyl (C=O) groups is 1. The van der Waals surface area contributed by atoms with Crippen molar-refractivity contribution in [1.29, 1.82) is 0 Å². The Morgan fingerprint density at radius 3 is 2.70 bits per heavy atom. The normalized spacial score (nSPS) is 12.6. The molecule has 0 unspecified atom stereocenters. The summed E-state index contributed by atoms with van der Waals surface area (Å²) in [6.45, 7) is 7.41. The maximum atomic E-state index is 14.2. The molecule has 3 aromatic rings. The Kier molecular flexibility index (Phi) is 5.87. The Morgan fingerprint density at radius 1 is 1.21 bits per heavy atom. The van der Waals surface area contributed by atoms with Gasteiger partial charge in [-0.3, -0.25) is 9.78 Å². The van der Waals surface area contributed by atoms with E-state index >= 15 is 0 Å². The second-order valence-corrected chi connectivity index (χ2v) is 7.39. The van der Waals surface area contributed by atoms with Gasteiger partial charge in [0.05, 0.1) is 48.4 Å². The second kappa shape index (κ2) is 8.78. The lowest BCUT2D eigenvalue weighted by molar-refractivity contribution is 0.0817. The molecule has 0 saturated heterocycles. The minimum absolute atomic E-state index is 0.00522. The third kappa shape index (κ3) is 4.17. The monoisotopic (exact) mass is 453 g/mol. The van der Waals surface area contributed by atoms with Gasteiger partial charge in [-0.25, -0.2) is 13.2 Å². The fourth-order valence-corrected chi connectivity index (χ4v) is 3.69. The van der Waals surface area contributed by atoms with Gasteiger partial charge in [-0.05, 0) is 24.3 Å². The first-order valence-corrected chi connectivity index (χ1v) is 9.85. The number of aromatic nitrogens is 2. The summed E-state index contributed by atoms with van der Waals surface area (Å²) >= 11 is 0. The molecular formula is C23H18F3N5O2. The van der Waals surface area contributed by atoms with Crippen molar-refractivity contribution >= 4 is 23.1 Å². The fraction of sp³-hybridized carbons (Fsp3) is 0.217. The van der Waals surface area contributed by atoms with Crippen LogP contribution in [0.15, 0.2) is 36.4 Å². The van der Waals surface area contributed by atoms with Crippen molar-refractivity contribution in [3.8, 4) is 5.75 Å². The van der Waals surface area contributed by atoms with E-state index in [2.05, 4.69) is 20.1 Å². The van der Waals surface area contributed by atoms with Gasteiger partial charge >= 0.3 is 0 Å². The van der Waals surface area contributed by atoms with Crippen LogP contribution >= 0.6 is 0 Å². The van der Waals surface area contributed by atoms with E-state index in [0.717, 1.165) is 0 Å². The van der Waals surface area contributed by atoms with Crippen molar-refractivity contribution < 1.29 is 22.7 Å². The zero-order chi connectivity index (χ0) is 23.7. The molecule has 1 aliphatic rings. The van der Waals surface area contributed by atoms with Crippen LogP contribution in [0.25, 0.3) is 4.85 Å². The summed E-state index contributed by atoms with van der Waals surface area (Å²) in [6, 6.07) is 8.61. The Morgan fingerprint density at radius 2 is 2.00 bits per heavy atom. The van der Waals surface area contributed by atoms with Crippen LogP contribution in [0.2, 0.25) is 0 Å². The molecule has 3 heterocycles. The third-order valence-corrected chi connectivity index (χ3v) is 5.20. The summed E-state index contributed by atoms with van der Waals surface area (Å²) < 4.78 is 45.4. The van der Waals surface area contributed by atoms with Gasteiger partial charge in [-0.2, -0.15) is 0 Å². The lowest BCUT2D eigenvalue weighted by Crippen LogP contribution is -2.18. The molecule has 0 aliphatic carbocycles. The van der Waals surface area contributed by atoms with E-state index in [-0.39, 0.29) is 30.4 Å². The zero-order valence-electron chi connectivity index (χ0n) is 17.7. The molecule has 0 bridgehead atoms. The van der Waals surface area contributed by atoms with Gasteiger partial charge in [0.2, 0.25) is 0 Å². The van der Waals surface area contributed by atoms with E-state index in [9.17, 15) is 18.0 Å². The van der Waals surface area contributed by atoms with E-state index in [4.69, 9.17) is 11.3 Å². The quantitative estimate of drug-likeness (QED) is 0.530. The van der Waals surface area contributed by atoms with Crippen molar-refractivity contribution in [2.75, 3.05) is 19.5 Å². The van der Waals surface area contributed by atoms with Crippen molar-refractivity contribution in [1.82, 2.24) is 14.9 Å². The highest BCUT2D eigenvalue weighted by Crippen LogP contribution is 2.35. The number of nitrogens with one attached hydrogen (secondary N) is 1. The van der Waals surface area contributed by atoms with Gasteiger partial charge in [-0.15, -0.1) is 4.98 Å². The van der Waals surface area contributed by atoms with Crippen LogP contribution < -0.4 is 10.1 Å². The molecule has 0 saturated carbocycles. The summed E-state index contributed by atoms with van der Waals surface area (Å²) in [4.78, 5) is 25.9. The SMILES string of the molecule is [C-]#[N+]c1nc(Cc2cc(Nc3cccc(F)c3OC)c3c(n2)CN(C)C3=O)ccc1C(F)F. The van der Waals surface area contributed by atoms with E-state index in [1.165, 1.54) is 36.3 Å². The number of benzene rings is 1. The lowest BCUT2D eigenvalue weighted by Gasteiger charge is -2.15. The Hall–Kier alpha value is -4.13. The van der Waals surface area contributed by atoms with Crippen LogP contribution in [0.5, 0.6) is 5.75 Å². The van der Waals surface area contributed by atoms with Gasteiger partial charge in [-0.1, -0.05) is 18.7 Å². The highest BCUT2D eigenvalue weighted by Gasteiger charge is 2.30. The number of alkyl halides is 2. The van der Waals surface area contributed by atoms with E-state index in [1.807, 2.05) is 0 Å². The number of halogens is 3. The first-order valence-electron chi connectivity index (χ1n) is 9.85. The molecule has 168 valence electrons. The number of amides is 1. The predicted octanol–water partition coefficient (Wildman–Crippen LogP) is 5.03. The molecule has 7 nitrogen and oxygen atoms in total. The molecule has 4 rings (SSSR count). The lowest BCUT2D eigenvalue weighted by atomic mass is 10.1. The van der Waals surface area contributed by atoms with Crippen LogP contribution in [-0.2, 0) is 13.0 Å². The van der Waals surface area contributed by atoms with Gasteiger partial charge in [0.25, 0.3) is 18.2 Å². The van der Waals surface area contributed by atoms with Gasteiger partial charge in [0.1, 0.15) is 5.69 Å². The van der Waals surface area contributed by atoms with Crippen molar-refractivity contribution in [3.63, 3.8) is 0 Å². The van der Waals surface area contributed by atoms with Crippen LogP contribution in [0, 0.1) is 12.4 Å². The largest absolute Gasteiger partial charge is 0.492 e. The van der Waals surface area contributed by atoms with E-state index in [0.29, 0.717) is 34.0 Å². The molecule has 0 radical (unpaired) electrons. The van der Waals surface area contributed by atoms with Gasteiger partial charge in [0.15, 0.2) is 11.6 Å². The maximum absolute atomic E-state index is 14.2. The third-order valence-electron chi connectivity index (χ3n) is 5.20. The molecule has 0 spiro atoms. The van der Waals surface area contributed by atoms with Crippen LogP contribution in [0.3, 0.4) is 0 Å². The molecule has 0 fully saturated rings. The molecule has 33 heavy (non-hydrogen) atoms. The highest BCUT2D eigenvalue weighted by molar-refractivity contribution is 6.03. The van der Waals surface area contributed by atoms with Crippen molar-refractivity contribution in [3.05, 3.63) is 81.8 Å². The molecule has 1 aromatic carbocycles. The molecule has 1 aliphatic heterocycles. The molecule has 0 atom stereocenters. The number of methoxy groups -OCH3 is 1. The summed E-state index contributed by atoms with van der Waals surface area (Å²) in [5.41, 5.74) is 2.07. The van der Waals surface area contributed by atoms with Gasteiger partial charge < -0.3 is 19.8 Å². The number of hydrogen-bond donors (Lipinski definition) is 1. The average molecular weight is 453 g/mol. The fourth-order valence-electron chi connectivity index (χ4n) is 3.69.